The van der Waals surface area contributed by atoms with Crippen LogP contribution in [0.1, 0.15) is 36.0 Å². The summed E-state index contributed by atoms with van der Waals surface area (Å²) in [6, 6.07) is 8.25. The summed E-state index contributed by atoms with van der Waals surface area (Å²) in [5.41, 5.74) is 3.70. The number of imidazole rings is 1. The van der Waals surface area contributed by atoms with Crippen LogP contribution >= 0.6 is 0 Å². The van der Waals surface area contributed by atoms with Gasteiger partial charge in [0.25, 0.3) is 0 Å². The average molecular weight is 269 g/mol. The Morgan fingerprint density at radius 2 is 2.15 bits per heavy atom. The first kappa shape index (κ1) is 12.0. The first-order valence-electron chi connectivity index (χ1n) is 7.33. The molecule has 0 radical (unpaired) electrons. The van der Waals surface area contributed by atoms with Crippen molar-refractivity contribution in [2.45, 2.75) is 31.7 Å². The molecule has 104 valence electrons. The van der Waals surface area contributed by atoms with Crippen LogP contribution in [0, 0.1) is 0 Å². The topological polar surface area (TPSA) is 39.1 Å². The zero-order valence-corrected chi connectivity index (χ0v) is 11.7. The van der Waals surface area contributed by atoms with E-state index in [1.165, 1.54) is 30.1 Å². The van der Waals surface area contributed by atoms with Crippen LogP contribution < -0.4 is 10.1 Å². The molecule has 2 aromatic rings. The summed E-state index contributed by atoms with van der Waals surface area (Å²) in [6.45, 7) is 1.91. The number of rotatable bonds is 3. The van der Waals surface area contributed by atoms with Crippen LogP contribution in [0.3, 0.4) is 0 Å². The Morgan fingerprint density at radius 1 is 1.30 bits per heavy atom. The van der Waals surface area contributed by atoms with Gasteiger partial charge in [-0.2, -0.15) is 0 Å². The van der Waals surface area contributed by atoms with Crippen LogP contribution in [0.25, 0.3) is 5.69 Å². The molecular weight excluding hydrogens is 250 g/mol. The van der Waals surface area contributed by atoms with Gasteiger partial charge in [0.05, 0.1) is 18.5 Å². The van der Waals surface area contributed by atoms with Crippen molar-refractivity contribution in [2.75, 3.05) is 13.7 Å². The monoisotopic (exact) mass is 269 g/mol. The van der Waals surface area contributed by atoms with Gasteiger partial charge in [-0.1, -0.05) is 12.1 Å². The molecule has 0 amide bonds. The van der Waals surface area contributed by atoms with E-state index in [1.54, 1.807) is 7.11 Å². The van der Waals surface area contributed by atoms with E-state index in [1.807, 2.05) is 12.1 Å². The molecular formula is C16H19N3O. The van der Waals surface area contributed by atoms with Crippen LogP contribution in [0.15, 0.2) is 24.3 Å². The Kier molecular flexibility index (Phi) is 2.77. The second-order valence-electron chi connectivity index (χ2n) is 5.57. The van der Waals surface area contributed by atoms with Crippen molar-refractivity contribution in [1.29, 1.82) is 0 Å². The predicted molar refractivity (Wildman–Crippen MR) is 77.5 cm³/mol. The number of para-hydroxylation sites is 2. The molecule has 4 nitrogen and oxygen atoms in total. The largest absolute Gasteiger partial charge is 0.495 e. The van der Waals surface area contributed by atoms with Crippen molar-refractivity contribution in [1.82, 2.24) is 14.9 Å². The van der Waals surface area contributed by atoms with Gasteiger partial charge in [-0.15, -0.1) is 0 Å². The minimum atomic E-state index is 0.630. The normalized spacial score (nSPS) is 17.9. The molecule has 0 unspecified atom stereocenters. The molecule has 4 heteroatoms. The fourth-order valence-electron chi connectivity index (χ4n) is 3.03. The highest BCUT2D eigenvalue weighted by molar-refractivity contribution is 5.50. The van der Waals surface area contributed by atoms with Crippen LogP contribution in [0.4, 0.5) is 0 Å². The van der Waals surface area contributed by atoms with Crippen molar-refractivity contribution in [3.8, 4) is 11.4 Å². The van der Waals surface area contributed by atoms with Gasteiger partial charge in [0.2, 0.25) is 0 Å². The maximum absolute atomic E-state index is 5.55. The molecule has 1 aliphatic heterocycles. The Balaban J connectivity index is 1.93. The van der Waals surface area contributed by atoms with Gasteiger partial charge >= 0.3 is 0 Å². The summed E-state index contributed by atoms with van der Waals surface area (Å²) in [7, 11) is 1.74. The smallest absolute Gasteiger partial charge is 0.142 e. The van der Waals surface area contributed by atoms with E-state index >= 15 is 0 Å². The first-order valence-corrected chi connectivity index (χ1v) is 7.33. The minimum absolute atomic E-state index is 0.630. The van der Waals surface area contributed by atoms with Crippen molar-refractivity contribution in [2.24, 2.45) is 0 Å². The van der Waals surface area contributed by atoms with E-state index in [0.29, 0.717) is 5.92 Å². The second-order valence-corrected chi connectivity index (χ2v) is 5.57. The molecule has 1 aromatic heterocycles. The van der Waals surface area contributed by atoms with Gasteiger partial charge in [-0.05, 0) is 25.0 Å². The molecule has 1 fully saturated rings. The molecule has 0 atom stereocenters. The summed E-state index contributed by atoms with van der Waals surface area (Å²) in [5.74, 6) is 2.78. The molecule has 2 heterocycles. The number of benzene rings is 1. The van der Waals surface area contributed by atoms with E-state index in [-0.39, 0.29) is 0 Å². The summed E-state index contributed by atoms with van der Waals surface area (Å²) < 4.78 is 7.90. The van der Waals surface area contributed by atoms with Gasteiger partial charge in [-0.3, -0.25) is 4.57 Å². The van der Waals surface area contributed by atoms with E-state index < -0.39 is 0 Å². The summed E-state index contributed by atoms with van der Waals surface area (Å²) in [6.07, 6.45) is 3.56. The fraction of sp³-hybridized carbons (Fsp3) is 0.438. The summed E-state index contributed by atoms with van der Waals surface area (Å²) in [4.78, 5) is 4.91. The van der Waals surface area contributed by atoms with Crippen molar-refractivity contribution < 1.29 is 4.74 Å². The van der Waals surface area contributed by atoms with E-state index in [4.69, 9.17) is 9.72 Å². The van der Waals surface area contributed by atoms with Gasteiger partial charge in [-0.25, -0.2) is 4.98 Å². The lowest BCUT2D eigenvalue weighted by atomic mass is 10.1. The minimum Gasteiger partial charge on any atom is -0.495 e. The third-order valence-corrected chi connectivity index (χ3v) is 4.18. The van der Waals surface area contributed by atoms with Crippen molar-refractivity contribution in [3.05, 3.63) is 41.5 Å². The van der Waals surface area contributed by atoms with E-state index in [2.05, 4.69) is 22.0 Å². The number of hydrogen-bond acceptors (Lipinski definition) is 3. The summed E-state index contributed by atoms with van der Waals surface area (Å²) >= 11 is 0. The number of aromatic nitrogens is 2. The number of fused-ring (bicyclic) bond motifs is 1. The average Bonchev–Trinajstić information content (AvgIpc) is 3.27. The quantitative estimate of drug-likeness (QED) is 0.930. The van der Waals surface area contributed by atoms with E-state index in [0.717, 1.165) is 30.9 Å². The van der Waals surface area contributed by atoms with Crippen molar-refractivity contribution >= 4 is 0 Å². The maximum Gasteiger partial charge on any atom is 0.142 e. The molecule has 2 aliphatic rings. The molecule has 20 heavy (non-hydrogen) atoms. The maximum atomic E-state index is 5.55. The SMILES string of the molecule is COc1ccccc1-n1c(C2CC2)nc2c1CCNC2. The third kappa shape index (κ3) is 1.83. The number of ether oxygens (including phenoxy) is 1. The lowest BCUT2D eigenvalue weighted by molar-refractivity contribution is 0.412. The van der Waals surface area contributed by atoms with Crippen LogP contribution in [-0.4, -0.2) is 23.2 Å². The highest BCUT2D eigenvalue weighted by Crippen LogP contribution is 2.42. The number of nitrogens with one attached hydrogen (secondary N) is 1. The molecule has 1 N–H and O–H groups in total. The molecule has 1 aliphatic carbocycles. The van der Waals surface area contributed by atoms with Crippen LogP contribution in [0.5, 0.6) is 5.75 Å². The lowest BCUT2D eigenvalue weighted by Gasteiger charge is -2.18. The highest BCUT2D eigenvalue weighted by Gasteiger charge is 2.32. The van der Waals surface area contributed by atoms with Gasteiger partial charge in [0.15, 0.2) is 0 Å². The number of nitrogens with zero attached hydrogens (tertiary/aromatic N) is 2. The molecule has 1 aromatic carbocycles. The van der Waals surface area contributed by atoms with Gasteiger partial charge in [0.1, 0.15) is 11.6 Å². The highest BCUT2D eigenvalue weighted by atomic mass is 16.5. The van der Waals surface area contributed by atoms with Crippen LogP contribution in [-0.2, 0) is 13.0 Å². The lowest BCUT2D eigenvalue weighted by Crippen LogP contribution is -2.24. The van der Waals surface area contributed by atoms with Crippen LogP contribution in [0.2, 0.25) is 0 Å². The zero-order valence-electron chi connectivity index (χ0n) is 11.7. The van der Waals surface area contributed by atoms with Crippen molar-refractivity contribution in [3.63, 3.8) is 0 Å². The molecule has 0 saturated heterocycles. The molecule has 1 saturated carbocycles. The molecule has 0 spiro atoms. The Morgan fingerprint density at radius 3 is 2.95 bits per heavy atom. The Labute approximate surface area is 118 Å². The van der Waals surface area contributed by atoms with E-state index in [9.17, 15) is 0 Å². The standard InChI is InChI=1S/C16H19N3O/c1-20-15-5-3-2-4-14(15)19-13-8-9-17-10-12(13)18-16(19)11-6-7-11/h2-5,11,17H,6-10H2,1H3. The first-order chi connectivity index (χ1) is 9.88. The third-order valence-electron chi connectivity index (χ3n) is 4.18. The fourth-order valence-corrected chi connectivity index (χ4v) is 3.03. The zero-order chi connectivity index (χ0) is 13.5. The summed E-state index contributed by atoms with van der Waals surface area (Å²) in [5, 5.41) is 3.41. The molecule has 4 rings (SSSR count). The molecule has 0 bridgehead atoms. The number of hydrogen-bond donors (Lipinski definition) is 1. The van der Waals surface area contributed by atoms with Gasteiger partial charge < -0.3 is 10.1 Å². The Hall–Kier alpha value is -1.81. The van der Waals surface area contributed by atoms with Gasteiger partial charge in [0, 0.05) is 31.1 Å². The Bertz CT molecular complexity index is 643. The predicted octanol–water partition coefficient (Wildman–Crippen LogP) is 2.40. The number of methoxy groups -OCH3 is 1. The second kappa shape index (κ2) is 4.63.